The SMILES string of the molecule is C=CCCN(CC=C)SI. The van der Waals surface area contributed by atoms with E-state index in [1.165, 1.54) is 0 Å². The number of hydrogen-bond acceptors (Lipinski definition) is 2. The summed E-state index contributed by atoms with van der Waals surface area (Å²) in [5.74, 6) is 0. The number of hydrogen-bond donors (Lipinski definition) is 0. The van der Waals surface area contributed by atoms with E-state index < -0.39 is 0 Å². The van der Waals surface area contributed by atoms with E-state index in [-0.39, 0.29) is 0 Å². The Morgan fingerprint density at radius 1 is 1.40 bits per heavy atom. The number of halogens is 1. The molecule has 0 saturated heterocycles. The molecule has 0 aliphatic carbocycles. The molecular formula is C7H12INS. The van der Waals surface area contributed by atoms with Crippen molar-refractivity contribution in [3.63, 3.8) is 0 Å². The Labute approximate surface area is 79.3 Å². The molecule has 0 radical (unpaired) electrons. The zero-order valence-corrected chi connectivity index (χ0v) is 8.90. The lowest BCUT2D eigenvalue weighted by Crippen LogP contribution is -2.14. The molecule has 0 spiro atoms. The monoisotopic (exact) mass is 269 g/mol. The smallest absolute Gasteiger partial charge is 0.0275 e. The fourth-order valence-corrected chi connectivity index (χ4v) is 1.94. The third-order valence-electron chi connectivity index (χ3n) is 1.01. The molecule has 0 aliphatic rings. The van der Waals surface area contributed by atoms with Crippen LogP contribution in [0, 0.1) is 0 Å². The molecule has 10 heavy (non-hydrogen) atoms. The van der Waals surface area contributed by atoms with Crippen LogP contribution in [0.5, 0.6) is 0 Å². The maximum absolute atomic E-state index is 3.67. The van der Waals surface area contributed by atoms with Gasteiger partial charge in [0.15, 0.2) is 0 Å². The van der Waals surface area contributed by atoms with E-state index in [9.17, 15) is 0 Å². The molecule has 0 heterocycles. The van der Waals surface area contributed by atoms with Gasteiger partial charge in [0.25, 0.3) is 0 Å². The van der Waals surface area contributed by atoms with Crippen molar-refractivity contribution in [2.75, 3.05) is 13.1 Å². The zero-order valence-electron chi connectivity index (χ0n) is 5.92. The van der Waals surface area contributed by atoms with Gasteiger partial charge in [-0.2, -0.15) is 0 Å². The average molecular weight is 269 g/mol. The Hall–Kier alpha value is 0.520. The van der Waals surface area contributed by atoms with Gasteiger partial charge in [-0.3, -0.25) is 0 Å². The molecule has 0 aromatic heterocycles. The number of rotatable bonds is 6. The highest BCUT2D eigenvalue weighted by atomic mass is 127. The minimum absolute atomic E-state index is 0.946. The molecule has 0 bridgehead atoms. The minimum Gasteiger partial charge on any atom is -0.238 e. The molecule has 0 N–H and O–H groups in total. The number of nitrogens with zero attached hydrogens (tertiary/aromatic N) is 1. The van der Waals surface area contributed by atoms with E-state index in [0.29, 0.717) is 0 Å². The van der Waals surface area contributed by atoms with Gasteiger partial charge in [-0.05, 0) is 15.5 Å². The van der Waals surface area contributed by atoms with Crippen LogP contribution in [0.3, 0.4) is 0 Å². The quantitative estimate of drug-likeness (QED) is 0.414. The summed E-state index contributed by atoms with van der Waals surface area (Å²) in [5.41, 5.74) is 0. The predicted octanol–water partition coefficient (Wildman–Crippen LogP) is 3.05. The molecule has 1 nitrogen and oxygen atoms in total. The van der Waals surface area contributed by atoms with E-state index in [1.54, 1.807) is 9.12 Å². The first kappa shape index (κ1) is 10.5. The van der Waals surface area contributed by atoms with Crippen LogP contribution in [0.25, 0.3) is 0 Å². The summed E-state index contributed by atoms with van der Waals surface area (Å²) in [7, 11) is 1.72. The fourth-order valence-electron chi connectivity index (χ4n) is 0.533. The van der Waals surface area contributed by atoms with Crippen molar-refractivity contribution < 1.29 is 0 Å². The standard InChI is InChI=1S/C7H12INS/c1-3-5-7-9(10-8)6-4-2/h3-4H,1-2,5-7H2. The van der Waals surface area contributed by atoms with Crippen molar-refractivity contribution in [3.05, 3.63) is 25.3 Å². The average Bonchev–Trinajstić information content (AvgIpc) is 1.98. The van der Waals surface area contributed by atoms with Crippen LogP contribution in [-0.2, 0) is 0 Å². The highest BCUT2D eigenvalue weighted by molar-refractivity contribution is 14.2. The molecule has 0 aliphatic heterocycles. The second kappa shape index (κ2) is 7.63. The summed E-state index contributed by atoms with van der Waals surface area (Å²) in [4.78, 5) is 0. The molecule has 0 saturated carbocycles. The lowest BCUT2D eigenvalue weighted by Gasteiger charge is -2.13. The maximum Gasteiger partial charge on any atom is 0.0275 e. The van der Waals surface area contributed by atoms with Crippen molar-refractivity contribution >= 4 is 30.3 Å². The van der Waals surface area contributed by atoms with Crippen LogP contribution in [0.15, 0.2) is 25.3 Å². The summed E-state index contributed by atoms with van der Waals surface area (Å²) in [6.07, 6.45) is 4.89. The first-order valence-corrected chi connectivity index (χ1v) is 6.42. The highest BCUT2D eigenvalue weighted by Crippen LogP contribution is 2.17. The molecule has 0 amide bonds. The second-order valence-electron chi connectivity index (χ2n) is 1.82. The summed E-state index contributed by atoms with van der Waals surface area (Å²) in [6.45, 7) is 9.34. The molecule has 0 unspecified atom stereocenters. The van der Waals surface area contributed by atoms with Gasteiger partial charge >= 0.3 is 0 Å². The van der Waals surface area contributed by atoms with E-state index in [4.69, 9.17) is 0 Å². The zero-order chi connectivity index (χ0) is 7.82. The molecular weight excluding hydrogens is 257 g/mol. The lowest BCUT2D eigenvalue weighted by atomic mass is 10.4. The highest BCUT2D eigenvalue weighted by Gasteiger charge is 1.97. The third kappa shape index (κ3) is 5.32. The summed E-state index contributed by atoms with van der Waals surface area (Å²) >= 11 is 2.27. The van der Waals surface area contributed by atoms with Gasteiger partial charge in [0.05, 0.1) is 0 Å². The van der Waals surface area contributed by atoms with Crippen LogP contribution < -0.4 is 0 Å². The molecule has 3 heteroatoms. The predicted molar refractivity (Wildman–Crippen MR) is 58.2 cm³/mol. The van der Waals surface area contributed by atoms with Gasteiger partial charge < -0.3 is 0 Å². The van der Waals surface area contributed by atoms with E-state index in [2.05, 4.69) is 38.7 Å². The summed E-state index contributed by atoms with van der Waals surface area (Å²) in [5, 5.41) is 0. The normalized spacial score (nSPS) is 9.80. The van der Waals surface area contributed by atoms with Gasteiger partial charge in [-0.15, -0.1) is 13.2 Å². The largest absolute Gasteiger partial charge is 0.238 e. The van der Waals surface area contributed by atoms with Crippen molar-refractivity contribution in [2.24, 2.45) is 0 Å². The second-order valence-corrected chi connectivity index (χ2v) is 3.66. The van der Waals surface area contributed by atoms with Gasteiger partial charge in [0.1, 0.15) is 0 Å². The Balaban J connectivity index is 3.38. The third-order valence-corrected chi connectivity index (χ3v) is 3.21. The molecule has 0 atom stereocenters. The molecule has 0 aromatic rings. The van der Waals surface area contributed by atoms with Gasteiger partial charge in [-0.25, -0.2) is 4.31 Å². The van der Waals surface area contributed by atoms with Crippen LogP contribution in [0.1, 0.15) is 6.42 Å². The van der Waals surface area contributed by atoms with Gasteiger partial charge in [0.2, 0.25) is 0 Å². The maximum atomic E-state index is 3.67. The lowest BCUT2D eigenvalue weighted by molar-refractivity contribution is 0.535. The Bertz CT molecular complexity index is 106. The van der Waals surface area contributed by atoms with E-state index in [0.717, 1.165) is 19.5 Å². The van der Waals surface area contributed by atoms with Crippen LogP contribution in [0.4, 0.5) is 0 Å². The van der Waals surface area contributed by atoms with Crippen LogP contribution >= 0.6 is 30.3 Å². The van der Waals surface area contributed by atoms with Crippen LogP contribution in [0.2, 0.25) is 0 Å². The minimum atomic E-state index is 0.946. The Morgan fingerprint density at radius 2 is 2.10 bits per heavy atom. The first-order chi connectivity index (χ1) is 4.85. The van der Waals surface area contributed by atoms with E-state index in [1.807, 2.05) is 12.2 Å². The molecule has 58 valence electrons. The molecule has 0 aromatic carbocycles. The first-order valence-electron chi connectivity index (χ1n) is 3.10. The van der Waals surface area contributed by atoms with Crippen LogP contribution in [-0.4, -0.2) is 17.4 Å². The van der Waals surface area contributed by atoms with E-state index >= 15 is 0 Å². The van der Waals surface area contributed by atoms with Crippen molar-refractivity contribution in [1.29, 1.82) is 0 Å². The molecule has 0 fully saturated rings. The van der Waals surface area contributed by atoms with Crippen molar-refractivity contribution in [2.45, 2.75) is 6.42 Å². The molecule has 0 rings (SSSR count). The fraction of sp³-hybridized carbons (Fsp3) is 0.429. The van der Waals surface area contributed by atoms with Gasteiger partial charge in [0, 0.05) is 34.3 Å². The summed E-state index contributed by atoms with van der Waals surface area (Å²) < 4.78 is 2.23. The van der Waals surface area contributed by atoms with Crippen molar-refractivity contribution in [1.82, 2.24) is 4.31 Å². The van der Waals surface area contributed by atoms with Crippen molar-refractivity contribution in [3.8, 4) is 0 Å². The Kier molecular flexibility index (Phi) is 8.02. The van der Waals surface area contributed by atoms with Gasteiger partial charge in [-0.1, -0.05) is 12.2 Å². The topological polar surface area (TPSA) is 3.24 Å². The summed E-state index contributed by atoms with van der Waals surface area (Å²) in [6, 6.07) is 0. The Morgan fingerprint density at radius 3 is 2.50 bits per heavy atom.